The molecule has 1 aliphatic heterocycles. The first-order valence-corrected chi connectivity index (χ1v) is 9.47. The lowest BCUT2D eigenvalue weighted by Gasteiger charge is -2.30. The van der Waals surface area contributed by atoms with Gasteiger partial charge >= 0.3 is 0 Å². The number of likely N-dealkylation sites (tertiary alicyclic amines) is 1. The van der Waals surface area contributed by atoms with Crippen LogP contribution in [0.25, 0.3) is 16.7 Å². The van der Waals surface area contributed by atoms with Gasteiger partial charge in [0.25, 0.3) is 0 Å². The Morgan fingerprint density at radius 2 is 1.78 bits per heavy atom. The van der Waals surface area contributed by atoms with Crippen molar-refractivity contribution in [2.45, 2.75) is 33.0 Å². The molecule has 1 aromatic carbocycles. The van der Waals surface area contributed by atoms with Crippen molar-refractivity contribution in [1.29, 1.82) is 0 Å². The van der Waals surface area contributed by atoms with Crippen LogP contribution in [0.1, 0.15) is 29.1 Å². The number of nitrogens with zero attached hydrogens (tertiary/aromatic N) is 5. The first-order valence-electron chi connectivity index (χ1n) is 9.47. The molecule has 0 spiro atoms. The van der Waals surface area contributed by atoms with Crippen molar-refractivity contribution in [1.82, 2.24) is 24.1 Å². The smallest absolute Gasteiger partial charge is 0.161 e. The van der Waals surface area contributed by atoms with E-state index in [0.29, 0.717) is 0 Å². The molecule has 6 heteroatoms. The topological polar surface area (TPSA) is 58.6 Å². The van der Waals surface area contributed by atoms with E-state index >= 15 is 0 Å². The zero-order valence-electron chi connectivity index (χ0n) is 15.5. The van der Waals surface area contributed by atoms with E-state index in [9.17, 15) is 5.11 Å². The van der Waals surface area contributed by atoms with E-state index in [1.54, 1.807) is 0 Å². The minimum Gasteiger partial charge on any atom is -0.390 e. The predicted molar refractivity (Wildman–Crippen MR) is 105 cm³/mol. The van der Waals surface area contributed by atoms with Crippen LogP contribution in [0.5, 0.6) is 0 Å². The molecule has 1 N–H and O–H groups in total. The molecular formula is C21H23N5O. The number of aliphatic hydroxyl groups excluding tert-OH is 1. The van der Waals surface area contributed by atoms with Gasteiger partial charge in [0, 0.05) is 18.8 Å². The van der Waals surface area contributed by atoms with Gasteiger partial charge in [0.15, 0.2) is 5.65 Å². The SMILES string of the molecule is Cc1nnc2ccc3c(cc(CO)n3Cc3cccc(CN4CCC4)c3)n12. The number of rotatable bonds is 5. The molecule has 4 heterocycles. The summed E-state index contributed by atoms with van der Waals surface area (Å²) in [7, 11) is 0. The van der Waals surface area contributed by atoms with E-state index in [-0.39, 0.29) is 6.61 Å². The Balaban J connectivity index is 1.55. The second-order valence-corrected chi connectivity index (χ2v) is 7.37. The van der Waals surface area contributed by atoms with Crippen molar-refractivity contribution in [3.05, 3.63) is 65.1 Å². The summed E-state index contributed by atoms with van der Waals surface area (Å²) in [6.07, 6.45) is 1.31. The number of hydrogen-bond donors (Lipinski definition) is 1. The first kappa shape index (κ1) is 16.5. The number of fused-ring (bicyclic) bond motifs is 3. The average Bonchev–Trinajstić information content (AvgIpc) is 3.19. The highest BCUT2D eigenvalue weighted by molar-refractivity contribution is 5.81. The molecule has 0 bridgehead atoms. The molecule has 1 saturated heterocycles. The molecule has 1 fully saturated rings. The quantitative estimate of drug-likeness (QED) is 0.594. The maximum atomic E-state index is 9.93. The van der Waals surface area contributed by atoms with Gasteiger partial charge in [-0.1, -0.05) is 24.3 Å². The Hall–Kier alpha value is -2.70. The van der Waals surface area contributed by atoms with Crippen LogP contribution in [-0.2, 0) is 19.7 Å². The summed E-state index contributed by atoms with van der Waals surface area (Å²) in [6.45, 7) is 6.12. The van der Waals surface area contributed by atoms with Gasteiger partial charge in [-0.05, 0) is 55.8 Å². The van der Waals surface area contributed by atoms with Gasteiger partial charge in [0.1, 0.15) is 5.82 Å². The van der Waals surface area contributed by atoms with Crippen LogP contribution >= 0.6 is 0 Å². The van der Waals surface area contributed by atoms with Crippen LogP contribution in [0.2, 0.25) is 0 Å². The number of hydrogen-bond acceptors (Lipinski definition) is 4. The highest BCUT2D eigenvalue weighted by atomic mass is 16.3. The Kier molecular flexibility index (Phi) is 3.95. The lowest BCUT2D eigenvalue weighted by molar-refractivity contribution is 0.172. The molecule has 27 heavy (non-hydrogen) atoms. The molecule has 4 aromatic rings. The van der Waals surface area contributed by atoms with Crippen molar-refractivity contribution >= 4 is 16.7 Å². The fourth-order valence-corrected chi connectivity index (χ4v) is 4.02. The van der Waals surface area contributed by atoms with Crippen LogP contribution in [0.3, 0.4) is 0 Å². The minimum absolute atomic E-state index is 0.00478. The Morgan fingerprint density at radius 1 is 0.963 bits per heavy atom. The zero-order chi connectivity index (χ0) is 18.4. The molecule has 1 aliphatic rings. The molecule has 6 nitrogen and oxygen atoms in total. The number of benzene rings is 1. The van der Waals surface area contributed by atoms with Crippen LogP contribution in [0.4, 0.5) is 0 Å². The second-order valence-electron chi connectivity index (χ2n) is 7.37. The third-order valence-electron chi connectivity index (χ3n) is 5.53. The van der Waals surface area contributed by atoms with E-state index < -0.39 is 0 Å². The summed E-state index contributed by atoms with van der Waals surface area (Å²) >= 11 is 0. The summed E-state index contributed by atoms with van der Waals surface area (Å²) in [5.41, 5.74) is 6.46. The van der Waals surface area contributed by atoms with Crippen molar-refractivity contribution in [2.24, 2.45) is 0 Å². The highest BCUT2D eigenvalue weighted by Gasteiger charge is 2.15. The third kappa shape index (κ3) is 2.81. The minimum atomic E-state index is 0.00478. The predicted octanol–water partition coefficient (Wildman–Crippen LogP) is 2.74. The number of pyridine rings is 1. The summed E-state index contributed by atoms with van der Waals surface area (Å²) in [5, 5.41) is 18.3. The van der Waals surface area contributed by atoms with Gasteiger partial charge in [-0.15, -0.1) is 10.2 Å². The van der Waals surface area contributed by atoms with Crippen LogP contribution in [0.15, 0.2) is 42.5 Å². The van der Waals surface area contributed by atoms with Crippen LogP contribution in [0, 0.1) is 6.92 Å². The molecule has 0 radical (unpaired) electrons. The second kappa shape index (κ2) is 6.48. The highest BCUT2D eigenvalue weighted by Crippen LogP contribution is 2.24. The molecule has 5 rings (SSSR count). The average molecular weight is 361 g/mol. The number of aromatic nitrogens is 4. The van der Waals surface area contributed by atoms with E-state index in [4.69, 9.17) is 0 Å². The number of aliphatic hydroxyl groups is 1. The van der Waals surface area contributed by atoms with Gasteiger partial charge in [-0.2, -0.15) is 0 Å². The molecule has 0 unspecified atom stereocenters. The van der Waals surface area contributed by atoms with Gasteiger partial charge in [0.05, 0.1) is 17.6 Å². The van der Waals surface area contributed by atoms with E-state index in [2.05, 4.69) is 50.0 Å². The van der Waals surface area contributed by atoms with E-state index in [0.717, 1.165) is 41.3 Å². The fraction of sp³-hybridized carbons (Fsp3) is 0.333. The lowest BCUT2D eigenvalue weighted by atomic mass is 10.1. The van der Waals surface area contributed by atoms with Crippen molar-refractivity contribution in [3.63, 3.8) is 0 Å². The van der Waals surface area contributed by atoms with Crippen molar-refractivity contribution in [3.8, 4) is 0 Å². The Labute approximate surface area is 157 Å². The standard InChI is InChI=1S/C21H23N5O/c1-15-22-23-21-7-6-19-20(26(15)21)11-18(14-27)25(19)13-17-5-2-4-16(10-17)12-24-8-3-9-24/h2,4-7,10-11,27H,3,8-9,12-14H2,1H3. The van der Waals surface area contributed by atoms with Gasteiger partial charge in [-0.25, -0.2) is 0 Å². The molecule has 3 aromatic heterocycles. The van der Waals surface area contributed by atoms with E-state index in [1.807, 2.05) is 23.5 Å². The normalized spacial score (nSPS) is 14.9. The van der Waals surface area contributed by atoms with Crippen molar-refractivity contribution < 1.29 is 5.11 Å². The fourth-order valence-electron chi connectivity index (χ4n) is 4.02. The van der Waals surface area contributed by atoms with E-state index in [1.165, 1.54) is 30.6 Å². The van der Waals surface area contributed by atoms with Gasteiger partial charge in [0.2, 0.25) is 0 Å². The summed E-state index contributed by atoms with van der Waals surface area (Å²) in [5.74, 6) is 0.855. The maximum Gasteiger partial charge on any atom is 0.161 e. The summed E-state index contributed by atoms with van der Waals surface area (Å²) < 4.78 is 4.24. The molecule has 0 atom stereocenters. The van der Waals surface area contributed by atoms with Crippen molar-refractivity contribution in [2.75, 3.05) is 13.1 Å². The molecule has 138 valence electrons. The Morgan fingerprint density at radius 3 is 2.52 bits per heavy atom. The largest absolute Gasteiger partial charge is 0.390 e. The van der Waals surface area contributed by atoms with Crippen LogP contribution in [-0.4, -0.2) is 42.3 Å². The number of aryl methyl sites for hydroxylation is 1. The van der Waals surface area contributed by atoms with Gasteiger partial charge in [-0.3, -0.25) is 9.30 Å². The molecule has 0 saturated carbocycles. The molecule has 0 amide bonds. The maximum absolute atomic E-state index is 9.93. The zero-order valence-corrected chi connectivity index (χ0v) is 15.5. The molecule has 0 aliphatic carbocycles. The third-order valence-corrected chi connectivity index (χ3v) is 5.53. The monoisotopic (exact) mass is 361 g/mol. The molecular weight excluding hydrogens is 338 g/mol. The van der Waals surface area contributed by atoms with Gasteiger partial charge < -0.3 is 9.67 Å². The Bertz CT molecular complexity index is 1120. The summed E-state index contributed by atoms with van der Waals surface area (Å²) in [4.78, 5) is 2.47. The van der Waals surface area contributed by atoms with Crippen LogP contribution < -0.4 is 0 Å². The first-order chi connectivity index (χ1) is 13.2. The lowest BCUT2D eigenvalue weighted by Crippen LogP contribution is -2.36. The summed E-state index contributed by atoms with van der Waals surface area (Å²) in [6, 6.07) is 14.9.